The molecule has 114 valence electrons. The lowest BCUT2D eigenvalue weighted by atomic mass is 10.2. The number of nitrogens with one attached hydrogen (secondary N) is 1. The summed E-state index contributed by atoms with van der Waals surface area (Å²) in [5.74, 6) is 1.09. The van der Waals surface area contributed by atoms with Crippen LogP contribution in [0, 0.1) is 0 Å². The summed E-state index contributed by atoms with van der Waals surface area (Å²) in [5.41, 5.74) is 0.626. The predicted molar refractivity (Wildman–Crippen MR) is 83.0 cm³/mol. The monoisotopic (exact) mass is 299 g/mol. The highest BCUT2D eigenvalue weighted by molar-refractivity contribution is 5.80. The first-order chi connectivity index (χ1) is 10.7. The minimum absolute atomic E-state index is 0.0425. The van der Waals surface area contributed by atoms with Gasteiger partial charge < -0.3 is 10.1 Å². The zero-order valence-corrected chi connectivity index (χ0v) is 12.2. The number of fused-ring (bicyclic) bond motifs is 2. The number of hydrogen-bond acceptors (Lipinski definition) is 4. The maximum atomic E-state index is 12.4. The topological polar surface area (TPSA) is 73.2 Å². The van der Waals surface area contributed by atoms with Gasteiger partial charge in [-0.3, -0.25) is 14.2 Å². The molecule has 0 fully saturated rings. The second-order valence-electron chi connectivity index (χ2n) is 5.15. The van der Waals surface area contributed by atoms with Gasteiger partial charge in [0, 0.05) is 19.5 Å². The molecular formula is C16H17N3O3. The molecule has 1 aromatic carbocycles. The molecule has 1 aromatic heterocycles. The van der Waals surface area contributed by atoms with Crippen molar-refractivity contribution in [1.29, 1.82) is 0 Å². The van der Waals surface area contributed by atoms with Gasteiger partial charge in [0.25, 0.3) is 11.5 Å². The van der Waals surface area contributed by atoms with Crippen molar-refractivity contribution in [1.82, 2.24) is 14.9 Å². The third kappa shape index (κ3) is 2.72. The average molecular weight is 299 g/mol. The van der Waals surface area contributed by atoms with E-state index in [1.807, 2.05) is 0 Å². The van der Waals surface area contributed by atoms with E-state index < -0.39 is 0 Å². The third-order valence-electron chi connectivity index (χ3n) is 3.60. The fourth-order valence-corrected chi connectivity index (χ4v) is 2.54. The number of carbonyl (C=O) groups excluding carboxylic acids is 1. The summed E-state index contributed by atoms with van der Waals surface area (Å²) in [4.78, 5) is 28.4. The number of hydrogen-bond donors (Lipinski definition) is 1. The van der Waals surface area contributed by atoms with Crippen LogP contribution in [0.2, 0.25) is 0 Å². The zero-order chi connectivity index (χ0) is 15.5. The lowest BCUT2D eigenvalue weighted by molar-refractivity contribution is -0.122. The second kappa shape index (κ2) is 6.01. The number of aromatic nitrogens is 2. The van der Waals surface area contributed by atoms with Gasteiger partial charge in [0.05, 0.1) is 10.9 Å². The van der Waals surface area contributed by atoms with Gasteiger partial charge in [-0.15, -0.1) is 6.58 Å². The number of aryl methyl sites for hydroxylation is 1. The Bertz CT molecular complexity index is 795. The van der Waals surface area contributed by atoms with Crippen molar-refractivity contribution in [3.8, 4) is 5.75 Å². The van der Waals surface area contributed by atoms with Crippen LogP contribution in [0.5, 0.6) is 5.75 Å². The molecule has 3 rings (SSSR count). The van der Waals surface area contributed by atoms with Crippen LogP contribution in [0.4, 0.5) is 0 Å². The standard InChI is InChI=1S/C16H17N3O3/c1-2-7-17-15(20)10-22-11-5-6-13-12(9-11)16(21)19-8-3-4-14(19)18-13/h2,5-6,9H,1,3-4,7-8,10H2,(H,17,20). The summed E-state index contributed by atoms with van der Waals surface area (Å²) in [6, 6.07) is 5.13. The Kier molecular flexibility index (Phi) is 3.91. The van der Waals surface area contributed by atoms with Crippen molar-refractivity contribution in [3.63, 3.8) is 0 Å². The van der Waals surface area contributed by atoms with Gasteiger partial charge in [-0.05, 0) is 24.6 Å². The smallest absolute Gasteiger partial charge is 0.261 e. The van der Waals surface area contributed by atoms with Crippen molar-refractivity contribution in [2.75, 3.05) is 13.2 Å². The Morgan fingerprint density at radius 3 is 3.18 bits per heavy atom. The first-order valence-electron chi connectivity index (χ1n) is 7.23. The summed E-state index contributed by atoms with van der Waals surface area (Å²) in [6.07, 6.45) is 3.39. The molecule has 1 aliphatic rings. The molecule has 0 bridgehead atoms. The van der Waals surface area contributed by atoms with Crippen molar-refractivity contribution in [3.05, 3.63) is 47.0 Å². The number of rotatable bonds is 5. The number of benzene rings is 1. The Hall–Kier alpha value is -2.63. The summed E-state index contributed by atoms with van der Waals surface area (Å²) in [6.45, 7) is 4.54. The first-order valence-corrected chi connectivity index (χ1v) is 7.23. The van der Waals surface area contributed by atoms with Gasteiger partial charge in [0.2, 0.25) is 0 Å². The Morgan fingerprint density at radius 1 is 1.50 bits per heavy atom. The summed E-state index contributed by atoms with van der Waals surface area (Å²) in [7, 11) is 0. The Labute approximate surface area is 127 Å². The second-order valence-corrected chi connectivity index (χ2v) is 5.15. The van der Waals surface area contributed by atoms with Gasteiger partial charge >= 0.3 is 0 Å². The van der Waals surface area contributed by atoms with Crippen LogP contribution < -0.4 is 15.6 Å². The number of carbonyl (C=O) groups is 1. The molecule has 2 heterocycles. The molecule has 6 heteroatoms. The Morgan fingerprint density at radius 2 is 2.36 bits per heavy atom. The maximum absolute atomic E-state index is 12.4. The van der Waals surface area contributed by atoms with Gasteiger partial charge in [0.15, 0.2) is 6.61 Å². The molecule has 0 atom stereocenters. The zero-order valence-electron chi connectivity index (χ0n) is 12.2. The van der Waals surface area contributed by atoms with Gasteiger partial charge in [0.1, 0.15) is 11.6 Å². The first kappa shape index (κ1) is 14.3. The number of nitrogens with zero attached hydrogens (tertiary/aromatic N) is 2. The molecule has 0 radical (unpaired) electrons. The predicted octanol–water partition coefficient (Wildman–Crippen LogP) is 1.02. The van der Waals surface area contributed by atoms with E-state index in [0.29, 0.717) is 29.7 Å². The molecule has 1 aliphatic heterocycles. The molecular weight excluding hydrogens is 282 g/mol. The lowest BCUT2D eigenvalue weighted by Gasteiger charge is -2.08. The van der Waals surface area contributed by atoms with Crippen molar-refractivity contribution >= 4 is 16.8 Å². The Balaban J connectivity index is 1.82. The molecule has 1 amide bonds. The van der Waals surface area contributed by atoms with E-state index in [0.717, 1.165) is 18.7 Å². The lowest BCUT2D eigenvalue weighted by Crippen LogP contribution is -2.28. The van der Waals surface area contributed by atoms with Crippen molar-refractivity contribution < 1.29 is 9.53 Å². The summed E-state index contributed by atoms with van der Waals surface area (Å²) >= 11 is 0. The van der Waals surface area contributed by atoms with Crippen LogP contribution in [0.15, 0.2) is 35.6 Å². The van der Waals surface area contributed by atoms with Crippen LogP contribution >= 0.6 is 0 Å². The van der Waals surface area contributed by atoms with Crippen molar-refractivity contribution in [2.45, 2.75) is 19.4 Å². The highest BCUT2D eigenvalue weighted by Crippen LogP contribution is 2.19. The molecule has 0 aliphatic carbocycles. The number of amides is 1. The van der Waals surface area contributed by atoms with Crippen LogP contribution in [-0.4, -0.2) is 28.6 Å². The van der Waals surface area contributed by atoms with E-state index in [1.54, 1.807) is 28.8 Å². The van der Waals surface area contributed by atoms with E-state index in [1.165, 1.54) is 0 Å². The molecule has 6 nitrogen and oxygen atoms in total. The molecule has 0 saturated carbocycles. The largest absolute Gasteiger partial charge is 0.484 e. The molecule has 0 spiro atoms. The highest BCUT2D eigenvalue weighted by Gasteiger charge is 2.16. The molecule has 22 heavy (non-hydrogen) atoms. The van der Waals surface area contributed by atoms with E-state index in [9.17, 15) is 9.59 Å². The summed E-state index contributed by atoms with van der Waals surface area (Å²) < 4.78 is 7.14. The van der Waals surface area contributed by atoms with Crippen LogP contribution in [0.1, 0.15) is 12.2 Å². The van der Waals surface area contributed by atoms with E-state index in [-0.39, 0.29) is 18.1 Å². The van der Waals surface area contributed by atoms with Gasteiger partial charge in [-0.2, -0.15) is 0 Å². The minimum atomic E-state index is -0.233. The molecule has 2 aromatic rings. The van der Waals surface area contributed by atoms with Gasteiger partial charge in [-0.25, -0.2) is 4.98 Å². The van der Waals surface area contributed by atoms with E-state index >= 15 is 0 Å². The third-order valence-corrected chi connectivity index (χ3v) is 3.60. The molecule has 1 N–H and O–H groups in total. The summed E-state index contributed by atoms with van der Waals surface area (Å²) in [5, 5.41) is 3.15. The van der Waals surface area contributed by atoms with Crippen LogP contribution in [0.25, 0.3) is 10.9 Å². The fraction of sp³-hybridized carbons (Fsp3) is 0.312. The van der Waals surface area contributed by atoms with Crippen LogP contribution in [-0.2, 0) is 17.8 Å². The minimum Gasteiger partial charge on any atom is -0.484 e. The fourth-order valence-electron chi connectivity index (χ4n) is 2.54. The van der Waals surface area contributed by atoms with E-state index in [4.69, 9.17) is 4.74 Å². The SMILES string of the molecule is C=CCNC(=O)COc1ccc2nc3n(c(=O)c2c1)CCC3. The molecule has 0 saturated heterocycles. The number of ether oxygens (including phenoxy) is 1. The van der Waals surface area contributed by atoms with Crippen molar-refractivity contribution in [2.24, 2.45) is 0 Å². The maximum Gasteiger partial charge on any atom is 0.261 e. The normalized spacial score (nSPS) is 12.9. The quantitative estimate of drug-likeness (QED) is 0.837. The highest BCUT2D eigenvalue weighted by atomic mass is 16.5. The average Bonchev–Trinajstić information content (AvgIpc) is 3.00. The molecule has 0 unspecified atom stereocenters. The van der Waals surface area contributed by atoms with Crippen LogP contribution in [0.3, 0.4) is 0 Å². The van der Waals surface area contributed by atoms with Gasteiger partial charge in [-0.1, -0.05) is 6.08 Å². The van der Waals surface area contributed by atoms with E-state index in [2.05, 4.69) is 16.9 Å².